The maximum absolute atomic E-state index is 12.3. The summed E-state index contributed by atoms with van der Waals surface area (Å²) in [7, 11) is 0. The second-order valence-electron chi connectivity index (χ2n) is 4.18. The fourth-order valence-corrected chi connectivity index (χ4v) is 1.81. The van der Waals surface area contributed by atoms with Crippen LogP contribution < -0.4 is 0 Å². The Balaban J connectivity index is 2.09. The molecule has 0 aliphatic rings. The van der Waals surface area contributed by atoms with Crippen LogP contribution in [0.3, 0.4) is 0 Å². The van der Waals surface area contributed by atoms with Gasteiger partial charge < -0.3 is 5.11 Å². The van der Waals surface area contributed by atoms with Crippen LogP contribution >= 0.6 is 0 Å². The van der Waals surface area contributed by atoms with Crippen LogP contribution in [0, 0.1) is 0 Å². The van der Waals surface area contributed by atoms with E-state index in [9.17, 15) is 13.9 Å². The zero-order valence-corrected chi connectivity index (χ0v) is 9.76. The van der Waals surface area contributed by atoms with Gasteiger partial charge in [0, 0.05) is 0 Å². The first-order valence-corrected chi connectivity index (χ1v) is 5.76. The minimum absolute atomic E-state index is 0.252. The van der Waals surface area contributed by atoms with Crippen LogP contribution in [-0.2, 0) is 6.42 Å². The second-order valence-corrected chi connectivity index (χ2v) is 4.18. The maximum Gasteiger partial charge on any atom is 0.268 e. The first kappa shape index (κ1) is 12.7. The van der Waals surface area contributed by atoms with E-state index >= 15 is 0 Å². The van der Waals surface area contributed by atoms with Crippen LogP contribution in [0.15, 0.2) is 54.6 Å². The van der Waals surface area contributed by atoms with Crippen molar-refractivity contribution in [1.29, 1.82) is 0 Å². The predicted octanol–water partition coefficient (Wildman–Crippen LogP) is 3.58. The molecule has 0 aromatic heterocycles. The molecule has 2 rings (SSSR count). The summed E-state index contributed by atoms with van der Waals surface area (Å²) >= 11 is 0. The molecule has 0 saturated carbocycles. The Morgan fingerprint density at radius 1 is 0.833 bits per heavy atom. The summed E-state index contributed by atoms with van der Waals surface area (Å²) in [5, 5.41) is 9.23. The molecule has 0 aliphatic carbocycles. The van der Waals surface area contributed by atoms with Crippen molar-refractivity contribution in [3.8, 4) is 0 Å². The van der Waals surface area contributed by atoms with Crippen molar-refractivity contribution < 1.29 is 13.9 Å². The molecular weight excluding hydrogens is 234 g/mol. The summed E-state index contributed by atoms with van der Waals surface area (Å²) in [6.07, 6.45) is -3.69. The molecule has 0 amide bonds. The highest BCUT2D eigenvalue weighted by atomic mass is 19.3. The van der Waals surface area contributed by atoms with Gasteiger partial charge in [0.05, 0.1) is 0 Å². The molecule has 2 aromatic rings. The Kier molecular flexibility index (Phi) is 4.05. The summed E-state index contributed by atoms with van der Waals surface area (Å²) in [5.41, 5.74) is 2.45. The molecule has 0 heterocycles. The van der Waals surface area contributed by atoms with Crippen LogP contribution in [0.4, 0.5) is 8.78 Å². The Morgan fingerprint density at radius 3 is 1.94 bits per heavy atom. The summed E-state index contributed by atoms with van der Waals surface area (Å²) in [5.74, 6) is 0. The van der Waals surface area contributed by atoms with Gasteiger partial charge in [-0.25, -0.2) is 8.78 Å². The Labute approximate surface area is 105 Å². The van der Waals surface area contributed by atoms with E-state index in [1.807, 2.05) is 30.3 Å². The van der Waals surface area contributed by atoms with Gasteiger partial charge in [0.15, 0.2) is 0 Å². The van der Waals surface area contributed by atoms with Gasteiger partial charge >= 0.3 is 0 Å². The van der Waals surface area contributed by atoms with Gasteiger partial charge in [-0.15, -0.1) is 0 Å². The molecule has 94 valence electrons. The van der Waals surface area contributed by atoms with Crippen molar-refractivity contribution in [1.82, 2.24) is 0 Å². The normalized spacial score (nSPS) is 12.7. The van der Waals surface area contributed by atoms with E-state index in [0.717, 1.165) is 12.0 Å². The standard InChI is InChI=1S/C15H14F2O/c16-15(17)14(18)13-8-6-12(7-9-13)10-11-4-2-1-3-5-11/h1-9,14-15,18H,10H2. The predicted molar refractivity (Wildman–Crippen MR) is 66.7 cm³/mol. The average molecular weight is 248 g/mol. The van der Waals surface area contributed by atoms with Gasteiger partial charge in [-0.2, -0.15) is 0 Å². The lowest BCUT2D eigenvalue weighted by Gasteiger charge is -2.10. The van der Waals surface area contributed by atoms with Crippen LogP contribution in [0.5, 0.6) is 0 Å². The molecule has 2 aromatic carbocycles. The smallest absolute Gasteiger partial charge is 0.268 e. The van der Waals surface area contributed by atoms with Crippen LogP contribution in [0.1, 0.15) is 22.8 Å². The van der Waals surface area contributed by atoms with E-state index in [1.54, 1.807) is 24.3 Å². The lowest BCUT2D eigenvalue weighted by molar-refractivity contribution is -0.00578. The molecular formula is C15H14F2O. The zero-order chi connectivity index (χ0) is 13.0. The van der Waals surface area contributed by atoms with Crippen molar-refractivity contribution in [2.24, 2.45) is 0 Å². The van der Waals surface area contributed by atoms with Crippen molar-refractivity contribution in [3.05, 3.63) is 71.3 Å². The van der Waals surface area contributed by atoms with E-state index in [0.29, 0.717) is 0 Å². The monoisotopic (exact) mass is 248 g/mol. The minimum atomic E-state index is -2.75. The van der Waals surface area contributed by atoms with Gasteiger partial charge in [-0.3, -0.25) is 0 Å². The molecule has 1 atom stereocenters. The number of hydrogen-bond donors (Lipinski definition) is 1. The zero-order valence-electron chi connectivity index (χ0n) is 9.76. The van der Waals surface area contributed by atoms with E-state index in [-0.39, 0.29) is 5.56 Å². The van der Waals surface area contributed by atoms with Gasteiger partial charge in [0.1, 0.15) is 6.10 Å². The van der Waals surface area contributed by atoms with Crippen LogP contribution in [-0.4, -0.2) is 11.5 Å². The second kappa shape index (κ2) is 5.74. The maximum atomic E-state index is 12.3. The molecule has 0 bridgehead atoms. The van der Waals surface area contributed by atoms with Crippen molar-refractivity contribution in [2.45, 2.75) is 19.0 Å². The molecule has 1 nitrogen and oxygen atoms in total. The fourth-order valence-electron chi connectivity index (χ4n) is 1.81. The molecule has 0 radical (unpaired) electrons. The minimum Gasteiger partial charge on any atom is -0.382 e. The van der Waals surface area contributed by atoms with Crippen molar-refractivity contribution in [2.75, 3.05) is 0 Å². The highest BCUT2D eigenvalue weighted by molar-refractivity contribution is 5.29. The number of aliphatic hydroxyl groups is 1. The van der Waals surface area contributed by atoms with Crippen LogP contribution in [0.2, 0.25) is 0 Å². The molecule has 1 unspecified atom stereocenters. The molecule has 0 aliphatic heterocycles. The van der Waals surface area contributed by atoms with Gasteiger partial charge in [-0.05, 0) is 23.1 Å². The average Bonchev–Trinajstić information content (AvgIpc) is 2.40. The number of alkyl halides is 2. The number of aliphatic hydroxyl groups excluding tert-OH is 1. The molecule has 3 heteroatoms. The third-order valence-corrected chi connectivity index (χ3v) is 2.81. The summed E-state index contributed by atoms with van der Waals surface area (Å²) in [4.78, 5) is 0. The molecule has 0 spiro atoms. The molecule has 0 fully saturated rings. The number of benzene rings is 2. The van der Waals surface area contributed by atoms with E-state index in [1.165, 1.54) is 5.56 Å². The Hall–Kier alpha value is -1.74. The molecule has 1 N–H and O–H groups in total. The molecule has 0 saturated heterocycles. The Morgan fingerprint density at radius 2 is 1.39 bits per heavy atom. The first-order valence-electron chi connectivity index (χ1n) is 5.76. The highest BCUT2D eigenvalue weighted by Crippen LogP contribution is 2.21. The SMILES string of the molecule is OC(c1ccc(Cc2ccccc2)cc1)C(F)F. The van der Waals surface area contributed by atoms with E-state index in [2.05, 4.69) is 0 Å². The van der Waals surface area contributed by atoms with Gasteiger partial charge in [0.25, 0.3) is 6.43 Å². The third kappa shape index (κ3) is 3.14. The lowest BCUT2D eigenvalue weighted by atomic mass is 10.0. The topological polar surface area (TPSA) is 20.2 Å². The number of hydrogen-bond acceptors (Lipinski definition) is 1. The van der Waals surface area contributed by atoms with Gasteiger partial charge in [-0.1, -0.05) is 54.6 Å². The third-order valence-electron chi connectivity index (χ3n) is 2.81. The summed E-state index contributed by atoms with van der Waals surface area (Å²) in [6.45, 7) is 0. The quantitative estimate of drug-likeness (QED) is 0.876. The van der Waals surface area contributed by atoms with Crippen LogP contribution in [0.25, 0.3) is 0 Å². The fraction of sp³-hybridized carbons (Fsp3) is 0.200. The first-order chi connectivity index (χ1) is 8.66. The van der Waals surface area contributed by atoms with E-state index < -0.39 is 12.5 Å². The number of rotatable bonds is 4. The van der Waals surface area contributed by atoms with E-state index in [4.69, 9.17) is 0 Å². The number of halogens is 2. The lowest BCUT2D eigenvalue weighted by Crippen LogP contribution is -2.07. The van der Waals surface area contributed by atoms with Gasteiger partial charge in [0.2, 0.25) is 0 Å². The Bertz CT molecular complexity index is 480. The van der Waals surface area contributed by atoms with Crippen molar-refractivity contribution >= 4 is 0 Å². The molecule has 18 heavy (non-hydrogen) atoms. The highest BCUT2D eigenvalue weighted by Gasteiger charge is 2.18. The summed E-state index contributed by atoms with van der Waals surface area (Å²) < 4.78 is 24.6. The summed E-state index contributed by atoms with van der Waals surface area (Å²) in [6, 6.07) is 16.6. The largest absolute Gasteiger partial charge is 0.382 e. The van der Waals surface area contributed by atoms with Crippen molar-refractivity contribution in [3.63, 3.8) is 0 Å².